The summed E-state index contributed by atoms with van der Waals surface area (Å²) in [6, 6.07) is 0. The lowest BCUT2D eigenvalue weighted by molar-refractivity contribution is 0.0366. The van der Waals surface area contributed by atoms with Crippen LogP contribution in [0.5, 0.6) is 0 Å². The number of aromatic nitrogens is 2. The van der Waals surface area contributed by atoms with Crippen LogP contribution < -0.4 is 5.73 Å². The van der Waals surface area contributed by atoms with Crippen molar-refractivity contribution in [1.82, 2.24) is 9.78 Å². The first-order chi connectivity index (χ1) is 7.24. The van der Waals surface area contributed by atoms with Gasteiger partial charge in [-0.15, -0.1) is 0 Å². The van der Waals surface area contributed by atoms with Crippen molar-refractivity contribution in [3.8, 4) is 0 Å². The predicted octanol–water partition coefficient (Wildman–Crippen LogP) is 1.26. The van der Waals surface area contributed by atoms with E-state index in [4.69, 9.17) is 10.5 Å². The maximum Gasteiger partial charge on any atom is 0.0689 e. The van der Waals surface area contributed by atoms with Crippen molar-refractivity contribution < 1.29 is 4.74 Å². The topological polar surface area (TPSA) is 53.1 Å². The number of nitrogens with zero attached hydrogens (tertiary/aromatic N) is 2. The second-order valence-corrected chi connectivity index (χ2v) is 4.30. The van der Waals surface area contributed by atoms with Crippen LogP contribution in [-0.2, 0) is 16.8 Å². The molecule has 1 unspecified atom stereocenters. The van der Waals surface area contributed by atoms with Gasteiger partial charge in [0.05, 0.1) is 18.3 Å². The van der Waals surface area contributed by atoms with Crippen LogP contribution in [0.3, 0.4) is 0 Å². The molecule has 2 N–H and O–H groups in total. The zero-order valence-corrected chi connectivity index (χ0v) is 9.28. The van der Waals surface area contributed by atoms with E-state index in [1.54, 1.807) is 0 Å². The van der Waals surface area contributed by atoms with Crippen LogP contribution in [0.1, 0.15) is 31.7 Å². The number of aryl methyl sites for hydroxylation is 1. The second kappa shape index (κ2) is 4.33. The molecule has 2 rings (SSSR count). The van der Waals surface area contributed by atoms with E-state index in [9.17, 15) is 0 Å². The summed E-state index contributed by atoms with van der Waals surface area (Å²) in [5, 5.41) is 4.31. The Balaban J connectivity index is 2.12. The molecular weight excluding hydrogens is 190 g/mol. The third kappa shape index (κ3) is 2.21. The van der Waals surface area contributed by atoms with Gasteiger partial charge in [0, 0.05) is 24.9 Å². The smallest absolute Gasteiger partial charge is 0.0689 e. The Morgan fingerprint density at radius 1 is 1.67 bits per heavy atom. The van der Waals surface area contributed by atoms with Crippen LogP contribution in [0.25, 0.3) is 0 Å². The predicted molar refractivity (Wildman–Crippen MR) is 58.4 cm³/mol. The minimum atomic E-state index is -0.315. The van der Waals surface area contributed by atoms with Crippen LogP contribution in [0.2, 0.25) is 0 Å². The number of nitrogens with two attached hydrogens (primary N) is 1. The highest BCUT2D eigenvalue weighted by atomic mass is 16.5. The third-order valence-electron chi connectivity index (χ3n) is 2.93. The molecule has 1 aromatic heterocycles. The summed E-state index contributed by atoms with van der Waals surface area (Å²) in [4.78, 5) is 0. The molecular formula is C11H19N3O. The van der Waals surface area contributed by atoms with Gasteiger partial charge in [-0.25, -0.2) is 0 Å². The van der Waals surface area contributed by atoms with Crippen LogP contribution in [-0.4, -0.2) is 23.0 Å². The van der Waals surface area contributed by atoms with Crippen LogP contribution >= 0.6 is 0 Å². The molecule has 1 saturated heterocycles. The number of hydrogen-bond acceptors (Lipinski definition) is 3. The minimum Gasteiger partial charge on any atom is -0.379 e. The van der Waals surface area contributed by atoms with Gasteiger partial charge in [-0.1, -0.05) is 6.92 Å². The molecule has 0 saturated carbocycles. The van der Waals surface area contributed by atoms with E-state index in [2.05, 4.69) is 18.2 Å². The van der Waals surface area contributed by atoms with Gasteiger partial charge in [0.2, 0.25) is 0 Å². The summed E-state index contributed by atoms with van der Waals surface area (Å²) in [6.45, 7) is 4.55. The normalized spacial score (nSPS) is 26.8. The third-order valence-corrected chi connectivity index (χ3v) is 2.93. The van der Waals surface area contributed by atoms with Gasteiger partial charge >= 0.3 is 0 Å². The monoisotopic (exact) mass is 209 g/mol. The zero-order valence-electron chi connectivity index (χ0n) is 9.28. The van der Waals surface area contributed by atoms with Gasteiger partial charge in [-0.05, 0) is 19.3 Å². The van der Waals surface area contributed by atoms with Gasteiger partial charge in [-0.3, -0.25) is 4.68 Å². The molecule has 0 bridgehead atoms. The molecule has 1 atom stereocenters. The van der Waals surface area contributed by atoms with E-state index >= 15 is 0 Å². The van der Waals surface area contributed by atoms with E-state index in [0.29, 0.717) is 6.61 Å². The van der Waals surface area contributed by atoms with Crippen molar-refractivity contribution in [2.45, 2.75) is 38.3 Å². The van der Waals surface area contributed by atoms with Crippen molar-refractivity contribution >= 4 is 0 Å². The van der Waals surface area contributed by atoms with Gasteiger partial charge in [0.25, 0.3) is 0 Å². The quantitative estimate of drug-likeness (QED) is 0.815. The average molecular weight is 209 g/mol. The van der Waals surface area contributed by atoms with E-state index in [1.807, 2.05) is 10.9 Å². The molecule has 0 aliphatic carbocycles. The molecule has 1 fully saturated rings. The van der Waals surface area contributed by atoms with Crippen LogP contribution in [0.4, 0.5) is 0 Å². The number of hydrogen-bond donors (Lipinski definition) is 1. The first kappa shape index (κ1) is 10.6. The fraction of sp³-hybridized carbons (Fsp3) is 0.727. The largest absolute Gasteiger partial charge is 0.379 e. The molecule has 0 aromatic carbocycles. The lowest BCUT2D eigenvalue weighted by Crippen LogP contribution is -2.44. The zero-order chi connectivity index (χ0) is 10.7. The first-order valence-electron chi connectivity index (χ1n) is 5.64. The highest BCUT2D eigenvalue weighted by Gasteiger charge is 2.31. The summed E-state index contributed by atoms with van der Waals surface area (Å²) in [6.07, 6.45) is 7.05. The summed E-state index contributed by atoms with van der Waals surface area (Å²) in [5.74, 6) is 0. The van der Waals surface area contributed by atoms with Gasteiger partial charge in [0.1, 0.15) is 0 Å². The molecule has 1 aliphatic rings. The Morgan fingerprint density at radius 3 is 3.20 bits per heavy atom. The second-order valence-electron chi connectivity index (χ2n) is 4.30. The highest BCUT2D eigenvalue weighted by Crippen LogP contribution is 2.27. The molecule has 4 heteroatoms. The Morgan fingerprint density at radius 2 is 2.53 bits per heavy atom. The van der Waals surface area contributed by atoms with Gasteiger partial charge < -0.3 is 10.5 Å². The Labute approximate surface area is 90.4 Å². The van der Waals surface area contributed by atoms with Gasteiger partial charge in [-0.2, -0.15) is 5.10 Å². The fourth-order valence-corrected chi connectivity index (χ4v) is 2.02. The standard InChI is InChI=1S/C11H19N3O/c1-2-5-14-8-10(7-13-14)11(12)4-3-6-15-9-11/h7-8H,2-6,9,12H2,1H3. The lowest BCUT2D eigenvalue weighted by atomic mass is 9.88. The molecule has 0 amide bonds. The van der Waals surface area contributed by atoms with Crippen molar-refractivity contribution in [3.05, 3.63) is 18.0 Å². The summed E-state index contributed by atoms with van der Waals surface area (Å²) < 4.78 is 7.40. The maximum atomic E-state index is 6.31. The number of ether oxygens (including phenoxy) is 1. The Hall–Kier alpha value is -0.870. The average Bonchev–Trinajstić information content (AvgIpc) is 2.69. The van der Waals surface area contributed by atoms with Crippen molar-refractivity contribution in [1.29, 1.82) is 0 Å². The summed E-state index contributed by atoms with van der Waals surface area (Å²) in [7, 11) is 0. The molecule has 1 aromatic rings. The van der Waals surface area contributed by atoms with Crippen molar-refractivity contribution in [2.75, 3.05) is 13.2 Å². The van der Waals surface area contributed by atoms with Crippen LogP contribution in [0, 0.1) is 0 Å². The molecule has 1 aliphatic heterocycles. The number of rotatable bonds is 3. The Kier molecular flexibility index (Phi) is 3.07. The highest BCUT2D eigenvalue weighted by molar-refractivity contribution is 5.18. The minimum absolute atomic E-state index is 0.315. The van der Waals surface area contributed by atoms with Crippen molar-refractivity contribution in [3.63, 3.8) is 0 Å². The van der Waals surface area contributed by atoms with E-state index < -0.39 is 0 Å². The van der Waals surface area contributed by atoms with E-state index in [0.717, 1.165) is 38.0 Å². The summed E-state index contributed by atoms with van der Waals surface area (Å²) >= 11 is 0. The molecule has 4 nitrogen and oxygen atoms in total. The summed E-state index contributed by atoms with van der Waals surface area (Å²) in [5.41, 5.74) is 7.10. The van der Waals surface area contributed by atoms with Gasteiger partial charge in [0.15, 0.2) is 0 Å². The molecule has 15 heavy (non-hydrogen) atoms. The molecule has 0 radical (unpaired) electrons. The lowest BCUT2D eigenvalue weighted by Gasteiger charge is -2.32. The molecule has 84 valence electrons. The van der Waals surface area contributed by atoms with Crippen molar-refractivity contribution in [2.24, 2.45) is 5.73 Å². The van der Waals surface area contributed by atoms with E-state index in [1.165, 1.54) is 0 Å². The Bertz CT molecular complexity index is 315. The molecule has 2 heterocycles. The van der Waals surface area contributed by atoms with Crippen LogP contribution in [0.15, 0.2) is 12.4 Å². The maximum absolute atomic E-state index is 6.31. The first-order valence-corrected chi connectivity index (χ1v) is 5.64. The van der Waals surface area contributed by atoms with E-state index in [-0.39, 0.29) is 5.54 Å². The fourth-order valence-electron chi connectivity index (χ4n) is 2.02. The SMILES string of the molecule is CCCn1cc(C2(N)CCCOC2)cn1. The molecule has 0 spiro atoms.